The van der Waals surface area contributed by atoms with E-state index in [9.17, 15) is 15.8 Å². The van der Waals surface area contributed by atoms with Crippen LogP contribution in [0.25, 0.3) is 219 Å². The van der Waals surface area contributed by atoms with E-state index in [-0.39, 0.29) is 0 Å². The first-order valence-electron chi connectivity index (χ1n) is 40.8. The molecule has 11 heteroatoms. The van der Waals surface area contributed by atoms with Gasteiger partial charge in [-0.3, -0.25) is 0 Å². The molecule has 0 radical (unpaired) electrons. The molecule has 18 aromatic carbocycles. The summed E-state index contributed by atoms with van der Waals surface area (Å²) in [6.45, 7) is 15.0. The first-order valence-corrected chi connectivity index (χ1v) is 40.8. The number of nitriles is 3. The molecule has 0 fully saturated rings. The summed E-state index contributed by atoms with van der Waals surface area (Å²) in [5, 5.41) is 43.7. The van der Waals surface area contributed by atoms with Crippen molar-refractivity contribution in [1.29, 1.82) is 15.8 Å². The molecule has 0 aliphatic heterocycles. The van der Waals surface area contributed by atoms with Crippen LogP contribution in [0.4, 0.5) is 11.4 Å². The van der Waals surface area contributed by atoms with Crippen LogP contribution in [-0.2, 0) is 0 Å². The number of furan rings is 2. The van der Waals surface area contributed by atoms with Crippen LogP contribution in [0.2, 0.25) is 0 Å². The number of fused-ring (bicyclic) bond motifs is 18. The van der Waals surface area contributed by atoms with Crippen LogP contribution in [0.5, 0.6) is 0 Å². The molecule has 0 spiro atoms. The highest BCUT2D eigenvalue weighted by Crippen LogP contribution is 2.44. The number of rotatable bonds is 9. The molecule has 0 saturated carbocycles. The van der Waals surface area contributed by atoms with Crippen molar-refractivity contribution in [3.05, 3.63) is 434 Å². The minimum absolute atomic E-state index is 0.516. The van der Waals surface area contributed by atoms with Crippen molar-refractivity contribution in [3.63, 3.8) is 0 Å². The van der Waals surface area contributed by atoms with E-state index in [2.05, 4.69) is 295 Å². The first kappa shape index (κ1) is 72.7. The Balaban J connectivity index is 0.000000111. The molecule has 0 atom stereocenters. The van der Waals surface area contributed by atoms with E-state index < -0.39 is 0 Å². The van der Waals surface area contributed by atoms with Gasteiger partial charge in [-0.25, -0.2) is 9.69 Å². The van der Waals surface area contributed by atoms with Gasteiger partial charge < -0.3 is 27.1 Å². The minimum atomic E-state index is 0.516. The van der Waals surface area contributed by atoms with Gasteiger partial charge in [0, 0.05) is 76.6 Å². The topological polar surface area (TPSA) is 126 Å². The van der Waals surface area contributed by atoms with E-state index >= 15 is 0 Å². The van der Waals surface area contributed by atoms with Crippen LogP contribution in [0.15, 0.2) is 403 Å². The second-order valence-electron chi connectivity index (χ2n) is 31.0. The molecule has 0 unspecified atom stereocenters. The first-order chi connectivity index (χ1) is 61.2. The zero-order valence-corrected chi connectivity index (χ0v) is 66.4. The third-order valence-corrected chi connectivity index (χ3v) is 23.9. The van der Waals surface area contributed by atoms with E-state index in [0.717, 1.165) is 165 Å². The fourth-order valence-corrected chi connectivity index (χ4v) is 18.3. The van der Waals surface area contributed by atoms with Crippen LogP contribution < -0.4 is 0 Å². The fourth-order valence-electron chi connectivity index (χ4n) is 18.3. The quantitative estimate of drug-likeness (QED) is 0.133. The molecule has 0 amide bonds. The van der Waals surface area contributed by atoms with Crippen molar-refractivity contribution in [1.82, 2.24) is 18.3 Å². The van der Waals surface area contributed by atoms with E-state index in [1.165, 1.54) is 44.2 Å². The Labute approximate surface area is 711 Å². The maximum absolute atomic E-state index is 10.1. The van der Waals surface area contributed by atoms with Crippen molar-refractivity contribution >= 4 is 142 Å². The molecule has 574 valence electrons. The second-order valence-corrected chi connectivity index (χ2v) is 31.0. The van der Waals surface area contributed by atoms with Gasteiger partial charge in [0.1, 0.15) is 22.3 Å². The van der Waals surface area contributed by atoms with Crippen molar-refractivity contribution in [2.45, 2.75) is 0 Å². The van der Waals surface area contributed by atoms with Crippen molar-refractivity contribution < 1.29 is 8.83 Å². The summed E-state index contributed by atoms with van der Waals surface area (Å²) >= 11 is 0. The van der Waals surface area contributed by atoms with Crippen LogP contribution in [0.1, 0.15) is 16.7 Å². The molecule has 0 N–H and O–H groups in total. The third-order valence-electron chi connectivity index (χ3n) is 23.9. The Morgan fingerprint density at radius 3 is 0.806 bits per heavy atom. The van der Waals surface area contributed by atoms with Crippen LogP contribution in [-0.4, -0.2) is 18.3 Å². The van der Waals surface area contributed by atoms with Gasteiger partial charge in [0.25, 0.3) is 0 Å². The summed E-state index contributed by atoms with van der Waals surface area (Å²) in [6, 6.07) is 142. The molecule has 0 aliphatic rings. The summed E-state index contributed by atoms with van der Waals surface area (Å²) in [4.78, 5) is 7.30. The monoisotopic (exact) mass is 1580 g/mol. The second kappa shape index (κ2) is 30.0. The fraction of sp³-hybridized carbons (Fsp3) is 0. The Morgan fingerprint density at radius 1 is 0.194 bits per heavy atom. The number of hydrogen-bond acceptors (Lipinski definition) is 5. The van der Waals surface area contributed by atoms with Crippen molar-refractivity contribution in [2.24, 2.45) is 0 Å². The van der Waals surface area contributed by atoms with Crippen LogP contribution in [0.3, 0.4) is 0 Å². The predicted molar refractivity (Wildman–Crippen MR) is 505 cm³/mol. The minimum Gasteiger partial charge on any atom is -0.456 e. The van der Waals surface area contributed by atoms with Gasteiger partial charge in [0.2, 0.25) is 0 Å². The highest BCUT2D eigenvalue weighted by atomic mass is 16.3. The maximum Gasteiger partial charge on any atom is 0.188 e. The molecule has 24 aromatic rings. The summed E-state index contributed by atoms with van der Waals surface area (Å²) < 4.78 is 20.9. The van der Waals surface area contributed by atoms with Crippen molar-refractivity contribution in [2.75, 3.05) is 0 Å². The number of benzene rings is 18. The largest absolute Gasteiger partial charge is 0.456 e. The Hall–Kier alpha value is -17.8. The molecule has 0 saturated heterocycles. The standard InChI is InChI=1S/C39H21N5.C38H22N4.C36H22O2/c1-42-29-14-15-39-35(22-29)34-10-4-7-13-38(34)44(39)31-19-26(24-41)17-28(21-31)27-16-25(23-40)18-30(20-27)43-36-11-5-2-8-32(36)33-9-3-6-12-37(33)43;1-40-28-17-18-38-34(23-28)33-13-4-7-16-37(33)42(38)30-20-25(24-39)19-27(22-30)26-9-8-10-29(21-26)41-35-14-5-2-11-31(35)32-12-3-6-15-36(32)41;1-3-13-33-29(11-1)31-21-27(15-17-35(31)37-33)25-9-5-7-23(19-25)24-8-6-10-26(20-24)28-16-18-36-32(22-28)30-12-2-4-14-34(30)38-36/h2-22H;2-23H;1-22H. The average molecular weight is 1580 g/mol. The van der Waals surface area contributed by atoms with E-state index in [1.54, 1.807) is 0 Å². The molecule has 11 nitrogen and oxygen atoms in total. The number of para-hydroxylation sites is 8. The molecule has 24 rings (SSSR count). The number of aromatic nitrogens is 4. The summed E-state index contributed by atoms with van der Waals surface area (Å²) in [7, 11) is 0. The average Bonchev–Trinajstić information content (AvgIpc) is 1.60. The highest BCUT2D eigenvalue weighted by molar-refractivity contribution is 6.14. The molecule has 6 heterocycles. The van der Waals surface area contributed by atoms with Gasteiger partial charge in [-0.1, -0.05) is 218 Å². The predicted octanol–water partition coefficient (Wildman–Crippen LogP) is 30.3. The smallest absolute Gasteiger partial charge is 0.188 e. The molecule has 0 aliphatic carbocycles. The molecular weight excluding hydrogens is 1520 g/mol. The Kier molecular flexibility index (Phi) is 17.6. The lowest BCUT2D eigenvalue weighted by atomic mass is 9.95. The van der Waals surface area contributed by atoms with Crippen LogP contribution in [0, 0.1) is 47.1 Å². The summed E-state index contributed by atoms with van der Waals surface area (Å²) in [5.74, 6) is 0. The summed E-state index contributed by atoms with van der Waals surface area (Å²) in [5.41, 5.74) is 29.4. The van der Waals surface area contributed by atoms with Crippen molar-refractivity contribution in [3.8, 4) is 96.6 Å². The Bertz CT molecular complexity index is 8540. The Morgan fingerprint density at radius 2 is 0.460 bits per heavy atom. The molecule has 124 heavy (non-hydrogen) atoms. The lowest BCUT2D eigenvalue weighted by Gasteiger charge is -2.14. The van der Waals surface area contributed by atoms with Gasteiger partial charge in [0.15, 0.2) is 11.4 Å². The van der Waals surface area contributed by atoms with E-state index in [0.29, 0.717) is 28.1 Å². The lowest BCUT2D eigenvalue weighted by molar-refractivity contribution is 0.668. The zero-order chi connectivity index (χ0) is 83.0. The van der Waals surface area contributed by atoms with E-state index in [1.807, 2.05) is 146 Å². The van der Waals surface area contributed by atoms with E-state index in [4.69, 9.17) is 22.0 Å². The molecule has 6 aromatic heterocycles. The van der Waals surface area contributed by atoms with Gasteiger partial charge in [-0.15, -0.1) is 0 Å². The molecular formula is C113H65N9O2. The number of nitrogens with zero attached hydrogens (tertiary/aromatic N) is 9. The zero-order valence-electron chi connectivity index (χ0n) is 66.4. The van der Waals surface area contributed by atoms with Gasteiger partial charge >= 0.3 is 0 Å². The van der Waals surface area contributed by atoms with Gasteiger partial charge in [0.05, 0.1) is 92.2 Å². The normalized spacial score (nSPS) is 11.3. The molecule has 0 bridgehead atoms. The van der Waals surface area contributed by atoms with Gasteiger partial charge in [-0.2, -0.15) is 15.8 Å². The number of hydrogen-bond donors (Lipinski definition) is 0. The third kappa shape index (κ3) is 12.5. The SMILES string of the molecule is [C-]#[N+]c1ccc2c(c1)c1ccccc1n2-c1cc(C#N)cc(-c2cc(C#N)cc(-n3c4ccccc4c4ccccc43)c2)c1.[C-]#[N+]c1ccc2c(c1)c1ccccc1n2-c1cc(C#N)cc(-c2cccc(-n3c4ccccc4c4ccccc43)c2)c1.c1cc(-c2cccc(-c3ccc4oc5ccccc5c4c3)c2)cc(-c2ccc3oc4ccccc4c3c2)c1. The maximum atomic E-state index is 10.1. The van der Waals surface area contributed by atoms with Gasteiger partial charge in [-0.05, 0) is 242 Å². The highest BCUT2D eigenvalue weighted by Gasteiger charge is 2.22. The summed E-state index contributed by atoms with van der Waals surface area (Å²) in [6.07, 6.45) is 0. The van der Waals surface area contributed by atoms with Crippen LogP contribution >= 0.6 is 0 Å². The lowest BCUT2D eigenvalue weighted by Crippen LogP contribution is -1.98.